The summed E-state index contributed by atoms with van der Waals surface area (Å²) in [6.45, 7) is 6.41. The number of para-hydroxylation sites is 1. The van der Waals surface area contributed by atoms with Gasteiger partial charge in [-0.1, -0.05) is 31.1 Å². The van der Waals surface area contributed by atoms with E-state index in [1.165, 1.54) is 0 Å². The zero-order valence-corrected chi connectivity index (χ0v) is 10.9. The number of hydrogen-bond acceptors (Lipinski definition) is 4. The number of hydrogen-bond donors (Lipinski definition) is 1. The standard InChI is InChI=1S/C14H17N3O/c1-8-5-4-6-9(11(8)15)13-16-12(17-18-13)10-7-14(10,2)3/h4-6,10H,7,15H2,1-3H3. The number of benzene rings is 1. The van der Waals surface area contributed by atoms with Crippen molar-refractivity contribution in [3.8, 4) is 11.5 Å². The van der Waals surface area contributed by atoms with Crippen LogP contribution in [0.5, 0.6) is 0 Å². The van der Waals surface area contributed by atoms with E-state index in [9.17, 15) is 0 Å². The summed E-state index contributed by atoms with van der Waals surface area (Å²) in [7, 11) is 0. The summed E-state index contributed by atoms with van der Waals surface area (Å²) < 4.78 is 5.34. The van der Waals surface area contributed by atoms with E-state index >= 15 is 0 Å². The van der Waals surface area contributed by atoms with Crippen LogP contribution in [-0.2, 0) is 0 Å². The van der Waals surface area contributed by atoms with Crippen molar-refractivity contribution in [2.45, 2.75) is 33.1 Å². The molecule has 0 radical (unpaired) electrons. The molecular weight excluding hydrogens is 226 g/mol. The Bertz CT molecular complexity index is 601. The van der Waals surface area contributed by atoms with Gasteiger partial charge in [-0.25, -0.2) is 0 Å². The van der Waals surface area contributed by atoms with Crippen molar-refractivity contribution in [3.05, 3.63) is 29.6 Å². The summed E-state index contributed by atoms with van der Waals surface area (Å²) in [5.74, 6) is 1.74. The second-order valence-corrected chi connectivity index (χ2v) is 5.74. The van der Waals surface area contributed by atoms with E-state index in [4.69, 9.17) is 10.3 Å². The number of aryl methyl sites for hydroxylation is 1. The van der Waals surface area contributed by atoms with Gasteiger partial charge in [0.05, 0.1) is 5.56 Å². The molecule has 1 aliphatic carbocycles. The highest BCUT2D eigenvalue weighted by Gasteiger charge is 2.49. The lowest BCUT2D eigenvalue weighted by molar-refractivity contribution is 0.419. The zero-order valence-electron chi connectivity index (χ0n) is 10.9. The maximum atomic E-state index is 6.04. The fraction of sp³-hybridized carbons (Fsp3) is 0.429. The van der Waals surface area contributed by atoms with Crippen LogP contribution in [0, 0.1) is 12.3 Å². The number of nitrogens with zero attached hydrogens (tertiary/aromatic N) is 2. The van der Waals surface area contributed by atoms with Gasteiger partial charge < -0.3 is 10.3 Å². The highest BCUT2D eigenvalue weighted by Crippen LogP contribution is 2.57. The minimum Gasteiger partial charge on any atom is -0.398 e. The van der Waals surface area contributed by atoms with Crippen LogP contribution in [0.1, 0.15) is 37.6 Å². The van der Waals surface area contributed by atoms with E-state index in [0.717, 1.165) is 23.4 Å². The predicted octanol–water partition coefficient (Wildman–Crippen LogP) is 3.14. The number of aromatic nitrogens is 2. The van der Waals surface area contributed by atoms with E-state index < -0.39 is 0 Å². The second kappa shape index (κ2) is 3.57. The molecule has 1 aliphatic rings. The van der Waals surface area contributed by atoms with Crippen molar-refractivity contribution in [3.63, 3.8) is 0 Å². The Kier molecular flexibility index (Phi) is 2.24. The molecule has 2 aromatic rings. The summed E-state index contributed by atoms with van der Waals surface area (Å²) in [6.07, 6.45) is 1.12. The lowest BCUT2D eigenvalue weighted by Gasteiger charge is -2.03. The summed E-state index contributed by atoms with van der Waals surface area (Å²) in [5.41, 5.74) is 8.91. The lowest BCUT2D eigenvalue weighted by atomic mass is 10.1. The summed E-state index contributed by atoms with van der Waals surface area (Å²) in [5, 5.41) is 4.08. The van der Waals surface area contributed by atoms with Crippen LogP contribution in [0.25, 0.3) is 11.5 Å². The van der Waals surface area contributed by atoms with E-state index in [0.29, 0.717) is 22.9 Å². The molecule has 4 heteroatoms. The van der Waals surface area contributed by atoms with Gasteiger partial charge in [-0.3, -0.25) is 0 Å². The molecule has 1 fully saturated rings. The molecule has 0 spiro atoms. The first kappa shape index (κ1) is 11.3. The van der Waals surface area contributed by atoms with Gasteiger partial charge >= 0.3 is 0 Å². The molecule has 2 N–H and O–H groups in total. The fourth-order valence-electron chi connectivity index (χ4n) is 2.26. The summed E-state index contributed by atoms with van der Waals surface area (Å²) in [4.78, 5) is 4.48. The highest BCUT2D eigenvalue weighted by molar-refractivity contribution is 5.73. The van der Waals surface area contributed by atoms with E-state index in [-0.39, 0.29) is 0 Å². The minimum absolute atomic E-state index is 0.305. The normalized spacial score (nSPS) is 20.9. The van der Waals surface area contributed by atoms with Crippen LogP contribution < -0.4 is 5.73 Å². The molecule has 1 atom stereocenters. The average molecular weight is 243 g/mol. The molecule has 0 bridgehead atoms. The van der Waals surface area contributed by atoms with Gasteiger partial charge in [0.15, 0.2) is 5.82 Å². The first-order valence-corrected chi connectivity index (χ1v) is 6.18. The molecule has 1 saturated carbocycles. The van der Waals surface area contributed by atoms with Gasteiger partial charge in [-0.2, -0.15) is 4.98 Å². The third kappa shape index (κ3) is 1.68. The van der Waals surface area contributed by atoms with Gasteiger partial charge in [0.25, 0.3) is 5.89 Å². The molecule has 18 heavy (non-hydrogen) atoms. The number of nitrogens with two attached hydrogens (primary N) is 1. The van der Waals surface area contributed by atoms with E-state index in [2.05, 4.69) is 24.0 Å². The number of rotatable bonds is 2. The number of anilines is 1. The molecule has 3 rings (SSSR count). The van der Waals surface area contributed by atoms with Crippen molar-refractivity contribution in [2.24, 2.45) is 5.41 Å². The van der Waals surface area contributed by atoms with Crippen LogP contribution in [0.4, 0.5) is 5.69 Å². The second-order valence-electron chi connectivity index (χ2n) is 5.74. The van der Waals surface area contributed by atoms with Crippen LogP contribution in [0.15, 0.2) is 22.7 Å². The van der Waals surface area contributed by atoms with Gasteiger partial charge in [0, 0.05) is 11.6 Å². The Balaban J connectivity index is 1.96. The van der Waals surface area contributed by atoms with Crippen LogP contribution in [0.3, 0.4) is 0 Å². The van der Waals surface area contributed by atoms with Gasteiger partial charge in [-0.15, -0.1) is 0 Å². The van der Waals surface area contributed by atoms with E-state index in [1.54, 1.807) is 0 Å². The maximum absolute atomic E-state index is 6.04. The Morgan fingerprint density at radius 2 is 2.11 bits per heavy atom. The van der Waals surface area contributed by atoms with Crippen molar-refractivity contribution in [1.29, 1.82) is 0 Å². The van der Waals surface area contributed by atoms with Crippen molar-refractivity contribution in [1.82, 2.24) is 10.1 Å². The third-order valence-electron chi connectivity index (χ3n) is 3.82. The Morgan fingerprint density at radius 1 is 1.39 bits per heavy atom. The van der Waals surface area contributed by atoms with Gasteiger partial charge in [0.1, 0.15) is 0 Å². The van der Waals surface area contributed by atoms with Crippen molar-refractivity contribution < 1.29 is 4.52 Å². The Morgan fingerprint density at radius 3 is 2.78 bits per heavy atom. The molecule has 0 saturated heterocycles. The molecule has 1 aromatic heterocycles. The largest absolute Gasteiger partial charge is 0.398 e. The van der Waals surface area contributed by atoms with Crippen LogP contribution in [-0.4, -0.2) is 10.1 Å². The minimum atomic E-state index is 0.305. The molecule has 1 unspecified atom stereocenters. The molecule has 1 heterocycles. The van der Waals surface area contributed by atoms with Gasteiger partial charge in [-0.05, 0) is 30.4 Å². The summed E-state index contributed by atoms with van der Waals surface area (Å²) in [6, 6.07) is 5.84. The first-order valence-electron chi connectivity index (χ1n) is 6.18. The SMILES string of the molecule is Cc1cccc(-c2nc(C3CC3(C)C)no2)c1N. The smallest absolute Gasteiger partial charge is 0.260 e. The topological polar surface area (TPSA) is 64.9 Å². The quantitative estimate of drug-likeness (QED) is 0.823. The molecule has 0 amide bonds. The maximum Gasteiger partial charge on any atom is 0.260 e. The molecular formula is C14H17N3O. The Labute approximate surface area is 106 Å². The van der Waals surface area contributed by atoms with Crippen molar-refractivity contribution >= 4 is 5.69 Å². The average Bonchev–Trinajstić information content (AvgIpc) is 2.77. The zero-order chi connectivity index (χ0) is 12.9. The lowest BCUT2D eigenvalue weighted by Crippen LogP contribution is -1.94. The Hall–Kier alpha value is -1.84. The van der Waals surface area contributed by atoms with Crippen LogP contribution in [0.2, 0.25) is 0 Å². The fourth-order valence-corrected chi connectivity index (χ4v) is 2.26. The third-order valence-corrected chi connectivity index (χ3v) is 3.82. The predicted molar refractivity (Wildman–Crippen MR) is 70.0 cm³/mol. The van der Waals surface area contributed by atoms with Gasteiger partial charge in [0.2, 0.25) is 0 Å². The first-order chi connectivity index (χ1) is 8.49. The monoisotopic (exact) mass is 243 g/mol. The van der Waals surface area contributed by atoms with Crippen molar-refractivity contribution in [2.75, 3.05) is 5.73 Å². The van der Waals surface area contributed by atoms with Crippen LogP contribution >= 0.6 is 0 Å². The molecule has 1 aromatic carbocycles. The number of nitrogen functional groups attached to an aromatic ring is 1. The highest BCUT2D eigenvalue weighted by atomic mass is 16.5. The van der Waals surface area contributed by atoms with E-state index in [1.807, 2.05) is 25.1 Å². The summed E-state index contributed by atoms with van der Waals surface area (Å²) >= 11 is 0. The molecule has 0 aliphatic heterocycles. The molecule has 4 nitrogen and oxygen atoms in total. The molecule has 94 valence electrons.